The second-order valence-corrected chi connectivity index (χ2v) is 10.1. The molecule has 158 valence electrons. The SMILES string of the molecule is Cc1ccc(C)c2c1OCC(CNCCNC(=O)C13CC4CC(CC(C4)C1)C3)O2. The van der Waals surface area contributed by atoms with Gasteiger partial charge in [-0.05, 0) is 81.3 Å². The number of carbonyl (C=O) groups excluding carboxylic acids is 1. The summed E-state index contributed by atoms with van der Waals surface area (Å²) >= 11 is 0. The number of fused-ring (bicyclic) bond motifs is 1. The molecule has 0 spiro atoms. The van der Waals surface area contributed by atoms with Crippen LogP contribution in [0.4, 0.5) is 0 Å². The van der Waals surface area contributed by atoms with E-state index >= 15 is 0 Å². The maximum atomic E-state index is 13.0. The molecule has 1 atom stereocenters. The minimum Gasteiger partial charge on any atom is -0.485 e. The fourth-order valence-electron chi connectivity index (χ4n) is 6.67. The zero-order valence-corrected chi connectivity index (χ0v) is 17.8. The van der Waals surface area contributed by atoms with Crippen LogP contribution < -0.4 is 20.1 Å². The first kappa shape index (κ1) is 19.2. The molecule has 4 fully saturated rings. The Kier molecular flexibility index (Phi) is 4.97. The average Bonchev–Trinajstić information content (AvgIpc) is 2.69. The molecule has 4 saturated carbocycles. The van der Waals surface area contributed by atoms with Gasteiger partial charge in [-0.2, -0.15) is 0 Å². The van der Waals surface area contributed by atoms with Crippen molar-refractivity contribution < 1.29 is 14.3 Å². The second kappa shape index (κ2) is 7.50. The Morgan fingerprint density at radius 3 is 2.28 bits per heavy atom. The van der Waals surface area contributed by atoms with Crippen molar-refractivity contribution in [3.8, 4) is 11.5 Å². The molecule has 1 unspecified atom stereocenters. The molecule has 4 bridgehead atoms. The van der Waals surface area contributed by atoms with Crippen molar-refractivity contribution in [2.75, 3.05) is 26.2 Å². The maximum Gasteiger partial charge on any atom is 0.226 e. The summed E-state index contributed by atoms with van der Waals surface area (Å²) in [6, 6.07) is 4.15. The van der Waals surface area contributed by atoms with Crippen LogP contribution >= 0.6 is 0 Å². The number of ether oxygens (including phenoxy) is 2. The zero-order valence-electron chi connectivity index (χ0n) is 17.8. The summed E-state index contributed by atoms with van der Waals surface area (Å²) in [5.41, 5.74) is 2.18. The van der Waals surface area contributed by atoms with Crippen LogP contribution in [0.15, 0.2) is 12.1 Å². The van der Waals surface area contributed by atoms with Crippen LogP contribution in [0.5, 0.6) is 11.5 Å². The number of rotatable bonds is 6. The van der Waals surface area contributed by atoms with Crippen molar-refractivity contribution >= 4 is 5.91 Å². The quantitative estimate of drug-likeness (QED) is 0.722. The van der Waals surface area contributed by atoms with E-state index in [1.54, 1.807) is 0 Å². The van der Waals surface area contributed by atoms with E-state index in [1.165, 1.54) is 19.3 Å². The molecule has 2 N–H and O–H groups in total. The van der Waals surface area contributed by atoms with Crippen molar-refractivity contribution in [1.29, 1.82) is 0 Å². The molecule has 1 amide bonds. The van der Waals surface area contributed by atoms with Gasteiger partial charge >= 0.3 is 0 Å². The van der Waals surface area contributed by atoms with E-state index in [0.717, 1.165) is 72.7 Å². The monoisotopic (exact) mass is 398 g/mol. The molecule has 4 aliphatic carbocycles. The molecule has 1 heterocycles. The first-order chi connectivity index (χ1) is 14.0. The molecule has 0 saturated heterocycles. The average molecular weight is 399 g/mol. The Balaban J connectivity index is 1.07. The Hall–Kier alpha value is -1.75. The third kappa shape index (κ3) is 3.63. The van der Waals surface area contributed by atoms with Crippen LogP contribution in [-0.4, -0.2) is 38.3 Å². The van der Waals surface area contributed by atoms with Gasteiger partial charge in [0.05, 0.1) is 0 Å². The molecule has 5 aliphatic rings. The number of aryl methyl sites for hydroxylation is 2. The van der Waals surface area contributed by atoms with Gasteiger partial charge in [0.15, 0.2) is 11.5 Å². The van der Waals surface area contributed by atoms with Gasteiger partial charge in [0, 0.05) is 25.0 Å². The molecule has 5 nitrogen and oxygen atoms in total. The molecule has 1 aliphatic heterocycles. The van der Waals surface area contributed by atoms with Gasteiger partial charge in [-0.25, -0.2) is 0 Å². The summed E-state index contributed by atoms with van der Waals surface area (Å²) in [6.07, 6.45) is 7.51. The molecule has 29 heavy (non-hydrogen) atoms. The van der Waals surface area contributed by atoms with E-state index in [0.29, 0.717) is 19.1 Å². The van der Waals surface area contributed by atoms with Crippen LogP contribution in [0, 0.1) is 37.0 Å². The minimum atomic E-state index is -0.0475. The highest BCUT2D eigenvalue weighted by Gasteiger charge is 2.54. The third-order valence-electron chi connectivity index (χ3n) is 7.68. The number of benzene rings is 1. The van der Waals surface area contributed by atoms with E-state index in [2.05, 4.69) is 29.7 Å². The topological polar surface area (TPSA) is 59.6 Å². The fourth-order valence-corrected chi connectivity index (χ4v) is 6.67. The first-order valence-corrected chi connectivity index (χ1v) is 11.4. The fraction of sp³-hybridized carbons (Fsp3) is 0.708. The summed E-state index contributed by atoms with van der Waals surface area (Å²) in [6.45, 7) is 6.83. The van der Waals surface area contributed by atoms with Crippen molar-refractivity contribution in [3.05, 3.63) is 23.3 Å². The van der Waals surface area contributed by atoms with Gasteiger partial charge < -0.3 is 20.1 Å². The van der Waals surface area contributed by atoms with Crippen LogP contribution in [-0.2, 0) is 4.79 Å². The van der Waals surface area contributed by atoms with Crippen molar-refractivity contribution in [1.82, 2.24) is 10.6 Å². The van der Waals surface area contributed by atoms with Crippen molar-refractivity contribution in [3.63, 3.8) is 0 Å². The smallest absolute Gasteiger partial charge is 0.226 e. The summed E-state index contributed by atoms with van der Waals surface area (Å²) in [4.78, 5) is 13.0. The number of hydrogen-bond donors (Lipinski definition) is 2. The van der Waals surface area contributed by atoms with Crippen LogP contribution in [0.3, 0.4) is 0 Å². The molecular weight excluding hydrogens is 364 g/mol. The number of carbonyl (C=O) groups is 1. The number of nitrogens with one attached hydrogen (secondary N) is 2. The van der Waals surface area contributed by atoms with Gasteiger partial charge in [0.1, 0.15) is 12.7 Å². The van der Waals surface area contributed by atoms with Crippen molar-refractivity contribution in [2.45, 2.75) is 58.5 Å². The Morgan fingerprint density at radius 1 is 1.00 bits per heavy atom. The lowest BCUT2D eigenvalue weighted by Crippen LogP contribution is -2.54. The third-order valence-corrected chi connectivity index (χ3v) is 7.68. The maximum absolute atomic E-state index is 13.0. The Bertz CT molecular complexity index is 755. The van der Waals surface area contributed by atoms with Gasteiger partial charge in [-0.1, -0.05) is 12.1 Å². The van der Waals surface area contributed by atoms with Crippen LogP contribution in [0.1, 0.15) is 49.7 Å². The summed E-state index contributed by atoms with van der Waals surface area (Å²) < 4.78 is 12.1. The molecule has 0 radical (unpaired) electrons. The summed E-state index contributed by atoms with van der Waals surface area (Å²) in [7, 11) is 0. The highest BCUT2D eigenvalue weighted by molar-refractivity contribution is 5.83. The number of hydrogen-bond acceptors (Lipinski definition) is 4. The van der Waals surface area contributed by atoms with Gasteiger partial charge in [0.2, 0.25) is 5.91 Å². The highest BCUT2D eigenvalue weighted by atomic mass is 16.6. The highest BCUT2D eigenvalue weighted by Crippen LogP contribution is 2.60. The zero-order chi connectivity index (χ0) is 20.0. The van der Waals surface area contributed by atoms with Gasteiger partial charge in [-0.15, -0.1) is 0 Å². The molecule has 0 aromatic heterocycles. The Morgan fingerprint density at radius 2 is 1.62 bits per heavy atom. The van der Waals surface area contributed by atoms with E-state index in [4.69, 9.17) is 9.47 Å². The van der Waals surface area contributed by atoms with Crippen LogP contribution in [0.2, 0.25) is 0 Å². The summed E-state index contributed by atoms with van der Waals surface area (Å²) in [5, 5.41) is 6.67. The van der Waals surface area contributed by atoms with E-state index in [1.807, 2.05) is 6.92 Å². The lowest BCUT2D eigenvalue weighted by Gasteiger charge is -2.55. The predicted molar refractivity (Wildman–Crippen MR) is 112 cm³/mol. The lowest BCUT2D eigenvalue weighted by atomic mass is 9.49. The molecule has 5 heteroatoms. The normalized spacial score (nSPS) is 34.3. The second-order valence-electron chi connectivity index (χ2n) is 10.1. The largest absolute Gasteiger partial charge is 0.485 e. The molecular formula is C24H34N2O3. The van der Waals surface area contributed by atoms with Crippen LogP contribution in [0.25, 0.3) is 0 Å². The summed E-state index contributed by atoms with van der Waals surface area (Å²) in [5.74, 6) is 4.49. The lowest BCUT2D eigenvalue weighted by molar-refractivity contribution is -0.146. The van der Waals surface area contributed by atoms with Crippen molar-refractivity contribution in [2.24, 2.45) is 23.2 Å². The van der Waals surface area contributed by atoms with E-state index in [9.17, 15) is 4.79 Å². The minimum absolute atomic E-state index is 0.00172. The molecule has 1 aromatic carbocycles. The van der Waals surface area contributed by atoms with E-state index in [-0.39, 0.29) is 11.5 Å². The first-order valence-electron chi connectivity index (χ1n) is 11.4. The molecule has 1 aromatic rings. The number of amides is 1. The standard InChI is InChI=1S/C24H34N2O3/c1-15-3-4-16(2)22-21(15)28-14-20(29-22)13-25-5-6-26-23(27)24-10-17-7-18(11-24)9-19(8-17)12-24/h3-4,17-20,25H,5-14H2,1-2H3,(H,26,27). The Labute approximate surface area is 173 Å². The van der Waals surface area contributed by atoms with Gasteiger partial charge in [0.25, 0.3) is 0 Å². The van der Waals surface area contributed by atoms with E-state index < -0.39 is 0 Å². The van der Waals surface area contributed by atoms with Gasteiger partial charge in [-0.3, -0.25) is 4.79 Å². The molecule has 6 rings (SSSR count). The predicted octanol–water partition coefficient (Wildman–Crippen LogP) is 3.37.